The molecule has 2 aliphatic carbocycles. The average molecular weight is 482 g/mol. The van der Waals surface area contributed by atoms with Crippen molar-refractivity contribution in [3.8, 4) is 5.75 Å². The Bertz CT molecular complexity index is 1000. The summed E-state index contributed by atoms with van der Waals surface area (Å²) in [5.41, 5.74) is 1.51. The van der Waals surface area contributed by atoms with Gasteiger partial charge in [-0.05, 0) is 81.0 Å². The predicted molar refractivity (Wildman–Crippen MR) is 128 cm³/mol. The van der Waals surface area contributed by atoms with Gasteiger partial charge in [0.05, 0.1) is 6.10 Å². The van der Waals surface area contributed by atoms with Crippen molar-refractivity contribution in [2.24, 2.45) is 5.92 Å². The first-order valence-corrected chi connectivity index (χ1v) is 13.3. The molecule has 3 amide bonds. The zero-order valence-corrected chi connectivity index (χ0v) is 20.2. The second-order valence-corrected chi connectivity index (χ2v) is 10.9. The molecule has 188 valence electrons. The third kappa shape index (κ3) is 4.83. The summed E-state index contributed by atoms with van der Waals surface area (Å²) in [6.07, 6.45) is 9.45. The van der Waals surface area contributed by atoms with Crippen molar-refractivity contribution >= 4 is 17.7 Å². The molecule has 1 N–H and O–H groups in total. The molecule has 2 saturated carbocycles. The molecule has 35 heavy (non-hydrogen) atoms. The minimum Gasteiger partial charge on any atom is -0.489 e. The highest BCUT2D eigenvalue weighted by Crippen LogP contribution is 2.35. The van der Waals surface area contributed by atoms with Crippen LogP contribution in [-0.4, -0.2) is 71.5 Å². The Morgan fingerprint density at radius 1 is 0.971 bits per heavy atom. The van der Waals surface area contributed by atoms with Gasteiger partial charge in [-0.1, -0.05) is 0 Å². The number of benzene rings is 1. The number of hydrogen-bond acceptors (Lipinski definition) is 6. The number of piperidine rings is 2. The molecule has 0 spiro atoms. The van der Waals surface area contributed by atoms with Gasteiger partial charge in [-0.15, -0.1) is 0 Å². The zero-order chi connectivity index (χ0) is 23.9. The normalized spacial score (nSPS) is 30.0. The number of fused-ring (bicyclic) bond motifs is 1. The van der Waals surface area contributed by atoms with Gasteiger partial charge in [0.1, 0.15) is 17.9 Å². The molecule has 4 fully saturated rings. The Morgan fingerprint density at radius 3 is 2.57 bits per heavy atom. The lowest BCUT2D eigenvalue weighted by molar-refractivity contribution is -0.136. The van der Waals surface area contributed by atoms with E-state index in [1.807, 2.05) is 18.2 Å². The van der Waals surface area contributed by atoms with Crippen molar-refractivity contribution in [2.45, 2.75) is 88.6 Å². The van der Waals surface area contributed by atoms with Crippen LogP contribution in [0.1, 0.15) is 73.7 Å². The first kappa shape index (κ1) is 23.0. The maximum absolute atomic E-state index is 13.0. The monoisotopic (exact) mass is 481 g/mol. The van der Waals surface area contributed by atoms with E-state index in [1.54, 1.807) is 4.90 Å². The van der Waals surface area contributed by atoms with Gasteiger partial charge in [-0.2, -0.15) is 0 Å². The number of ether oxygens (including phenoxy) is 2. The van der Waals surface area contributed by atoms with Gasteiger partial charge in [0.15, 0.2) is 0 Å². The van der Waals surface area contributed by atoms with Crippen LogP contribution in [0.2, 0.25) is 0 Å². The zero-order valence-electron chi connectivity index (χ0n) is 20.2. The van der Waals surface area contributed by atoms with Crippen LogP contribution in [0.25, 0.3) is 0 Å². The highest BCUT2D eigenvalue weighted by Gasteiger charge is 2.40. The fraction of sp³-hybridized carbons (Fsp3) is 0.667. The SMILES string of the molecule is O=C1CCC(N2Cc3cc(O[C@H]4CCC[C@H]4N4CCC(OCC5CC5)CC4)ccc3C2=O)C(=O)N1. The average Bonchev–Trinajstić information content (AvgIpc) is 3.49. The number of rotatable bonds is 7. The Morgan fingerprint density at radius 2 is 1.80 bits per heavy atom. The quantitative estimate of drug-likeness (QED) is 0.603. The third-order valence-electron chi connectivity index (χ3n) is 8.41. The van der Waals surface area contributed by atoms with Crippen LogP contribution in [0.4, 0.5) is 0 Å². The van der Waals surface area contributed by atoms with Gasteiger partial charge < -0.3 is 14.4 Å². The molecule has 1 unspecified atom stereocenters. The number of carbonyl (C=O) groups excluding carboxylic acids is 3. The Hall–Kier alpha value is -2.45. The van der Waals surface area contributed by atoms with Crippen LogP contribution >= 0.6 is 0 Å². The molecular formula is C27H35N3O5. The van der Waals surface area contributed by atoms with E-state index in [1.165, 1.54) is 19.3 Å². The van der Waals surface area contributed by atoms with Gasteiger partial charge in [0.25, 0.3) is 5.91 Å². The fourth-order valence-electron chi connectivity index (χ4n) is 6.19. The summed E-state index contributed by atoms with van der Waals surface area (Å²) < 4.78 is 12.6. The van der Waals surface area contributed by atoms with Crippen LogP contribution < -0.4 is 10.1 Å². The highest BCUT2D eigenvalue weighted by atomic mass is 16.5. The van der Waals surface area contributed by atoms with E-state index in [0.717, 1.165) is 62.6 Å². The summed E-state index contributed by atoms with van der Waals surface area (Å²) in [4.78, 5) is 40.9. The summed E-state index contributed by atoms with van der Waals surface area (Å²) >= 11 is 0. The van der Waals surface area contributed by atoms with Gasteiger partial charge in [0.2, 0.25) is 11.8 Å². The van der Waals surface area contributed by atoms with Gasteiger partial charge in [-0.3, -0.25) is 24.6 Å². The molecule has 5 aliphatic rings. The molecule has 0 radical (unpaired) electrons. The van der Waals surface area contributed by atoms with E-state index in [0.29, 0.717) is 30.7 Å². The van der Waals surface area contributed by atoms with E-state index in [2.05, 4.69) is 10.2 Å². The number of carbonyl (C=O) groups is 3. The molecule has 8 nitrogen and oxygen atoms in total. The lowest BCUT2D eigenvalue weighted by Crippen LogP contribution is -2.52. The topological polar surface area (TPSA) is 88.2 Å². The number of imide groups is 1. The van der Waals surface area contributed by atoms with Crippen molar-refractivity contribution < 1.29 is 23.9 Å². The molecule has 0 bridgehead atoms. The summed E-state index contributed by atoms with van der Waals surface area (Å²) in [5, 5.41) is 2.36. The number of hydrogen-bond donors (Lipinski definition) is 1. The van der Waals surface area contributed by atoms with Crippen molar-refractivity contribution in [1.82, 2.24) is 15.1 Å². The summed E-state index contributed by atoms with van der Waals surface area (Å²) in [5.74, 6) is 0.814. The molecule has 8 heteroatoms. The van der Waals surface area contributed by atoms with Crippen molar-refractivity contribution in [3.63, 3.8) is 0 Å². The summed E-state index contributed by atoms with van der Waals surface area (Å²) in [6.45, 7) is 3.46. The maximum Gasteiger partial charge on any atom is 0.255 e. The number of nitrogens with zero attached hydrogens (tertiary/aromatic N) is 2. The first-order chi connectivity index (χ1) is 17.0. The van der Waals surface area contributed by atoms with E-state index >= 15 is 0 Å². The third-order valence-corrected chi connectivity index (χ3v) is 8.41. The van der Waals surface area contributed by atoms with E-state index < -0.39 is 6.04 Å². The molecule has 1 aromatic rings. The van der Waals surface area contributed by atoms with E-state index in [4.69, 9.17) is 9.47 Å². The van der Waals surface area contributed by atoms with Crippen molar-refractivity contribution in [1.29, 1.82) is 0 Å². The second-order valence-electron chi connectivity index (χ2n) is 10.9. The molecule has 3 atom stereocenters. The standard InChI is InChI=1S/C27H35N3O5/c31-25-9-8-23(26(32)28-25)30-15-18-14-20(6-7-21(18)27(30)33)35-24-3-1-2-22(24)29-12-10-19(11-13-29)34-16-17-4-5-17/h6-7,14,17,19,22-24H,1-5,8-13,15-16H2,(H,28,31,32)/t22-,23?,24+/m1/s1. The largest absolute Gasteiger partial charge is 0.489 e. The Labute approximate surface area is 206 Å². The van der Waals surface area contributed by atoms with Crippen LogP contribution in [0.3, 0.4) is 0 Å². The van der Waals surface area contributed by atoms with Crippen LogP contribution in [0.15, 0.2) is 18.2 Å². The molecule has 3 heterocycles. The van der Waals surface area contributed by atoms with Crippen LogP contribution in [0, 0.1) is 5.92 Å². The Kier molecular flexibility index (Phi) is 6.26. The fourth-order valence-corrected chi connectivity index (χ4v) is 6.19. The summed E-state index contributed by atoms with van der Waals surface area (Å²) in [7, 11) is 0. The molecular weight excluding hydrogens is 446 g/mol. The second kappa shape index (κ2) is 9.54. The Balaban J connectivity index is 1.06. The predicted octanol–water partition coefficient (Wildman–Crippen LogP) is 2.64. The lowest BCUT2D eigenvalue weighted by atomic mass is 10.0. The van der Waals surface area contributed by atoms with Crippen LogP contribution in [0.5, 0.6) is 5.75 Å². The minimum absolute atomic E-state index is 0.147. The molecule has 0 aromatic heterocycles. The van der Waals surface area contributed by atoms with E-state index in [-0.39, 0.29) is 30.2 Å². The van der Waals surface area contributed by atoms with Crippen LogP contribution in [-0.2, 0) is 20.9 Å². The number of amides is 3. The molecule has 3 aliphatic heterocycles. The van der Waals surface area contributed by atoms with Gasteiger partial charge >= 0.3 is 0 Å². The van der Waals surface area contributed by atoms with Gasteiger partial charge in [0, 0.05) is 44.3 Å². The van der Waals surface area contributed by atoms with Gasteiger partial charge in [-0.25, -0.2) is 0 Å². The maximum atomic E-state index is 13.0. The summed E-state index contributed by atoms with van der Waals surface area (Å²) in [6, 6.07) is 5.51. The van der Waals surface area contributed by atoms with E-state index in [9.17, 15) is 14.4 Å². The van der Waals surface area contributed by atoms with Crippen molar-refractivity contribution in [3.05, 3.63) is 29.3 Å². The lowest BCUT2D eigenvalue weighted by Gasteiger charge is -2.38. The van der Waals surface area contributed by atoms with Crippen molar-refractivity contribution in [2.75, 3.05) is 19.7 Å². The minimum atomic E-state index is -0.590. The molecule has 6 rings (SSSR count). The number of likely N-dealkylation sites (tertiary alicyclic amines) is 1. The molecule has 2 saturated heterocycles. The molecule has 1 aromatic carbocycles. The number of nitrogens with one attached hydrogen (secondary N) is 1. The first-order valence-electron chi connectivity index (χ1n) is 13.3. The highest BCUT2D eigenvalue weighted by molar-refractivity contribution is 6.05. The smallest absolute Gasteiger partial charge is 0.255 e.